The minimum Gasteiger partial charge on any atom is -0.484 e. The van der Waals surface area contributed by atoms with Crippen LogP contribution in [0.25, 0.3) is 0 Å². The van der Waals surface area contributed by atoms with Crippen LogP contribution in [0.4, 0.5) is 0 Å². The molecule has 0 saturated heterocycles. The van der Waals surface area contributed by atoms with Crippen LogP contribution in [-0.2, 0) is 12.1 Å². The fourth-order valence-corrected chi connectivity index (χ4v) is 2.75. The van der Waals surface area contributed by atoms with Gasteiger partial charge in [-0.1, -0.05) is 41.2 Å². The van der Waals surface area contributed by atoms with Crippen molar-refractivity contribution in [3.8, 4) is 5.75 Å². The van der Waals surface area contributed by atoms with Gasteiger partial charge in [-0.15, -0.1) is 0 Å². The molecule has 1 saturated carbocycles. The Bertz CT molecular complexity index is 639. The largest absolute Gasteiger partial charge is 0.484 e. The second kappa shape index (κ2) is 5.83. The molecule has 21 heavy (non-hydrogen) atoms. The van der Waals surface area contributed by atoms with Crippen LogP contribution < -0.4 is 10.5 Å². The van der Waals surface area contributed by atoms with Gasteiger partial charge in [0.05, 0.1) is 15.6 Å². The molecule has 0 atom stereocenters. The van der Waals surface area contributed by atoms with Crippen LogP contribution in [0.15, 0.2) is 22.7 Å². The van der Waals surface area contributed by atoms with E-state index in [2.05, 4.69) is 10.1 Å². The summed E-state index contributed by atoms with van der Waals surface area (Å²) in [4.78, 5) is 4.33. The number of ether oxygens (including phenoxy) is 1. The lowest BCUT2D eigenvalue weighted by Gasteiger charge is -2.17. The van der Waals surface area contributed by atoms with E-state index in [-0.39, 0.29) is 6.61 Å². The monoisotopic (exact) mass is 327 g/mol. The topological polar surface area (TPSA) is 74.2 Å². The summed E-state index contributed by atoms with van der Waals surface area (Å²) in [5.41, 5.74) is 5.83. The van der Waals surface area contributed by atoms with Crippen molar-refractivity contribution in [2.24, 2.45) is 5.73 Å². The highest BCUT2D eigenvalue weighted by molar-refractivity contribution is 6.42. The number of nitrogens with zero attached hydrogens (tertiary/aromatic N) is 2. The van der Waals surface area contributed by atoms with Crippen molar-refractivity contribution >= 4 is 23.2 Å². The number of benzene rings is 1. The maximum Gasteiger partial charge on any atom is 0.264 e. The van der Waals surface area contributed by atoms with E-state index in [1.54, 1.807) is 18.2 Å². The third-order valence-electron chi connectivity index (χ3n) is 3.66. The first-order valence-corrected chi connectivity index (χ1v) is 7.52. The molecule has 0 unspecified atom stereocenters. The molecule has 1 fully saturated rings. The summed E-state index contributed by atoms with van der Waals surface area (Å²) >= 11 is 11.8. The van der Waals surface area contributed by atoms with Gasteiger partial charge < -0.3 is 15.0 Å². The maximum atomic E-state index is 6.28. The van der Waals surface area contributed by atoms with Crippen LogP contribution in [0.1, 0.15) is 37.4 Å². The molecule has 2 aromatic rings. The zero-order valence-corrected chi connectivity index (χ0v) is 12.8. The van der Waals surface area contributed by atoms with Crippen LogP contribution in [-0.4, -0.2) is 10.1 Å². The van der Waals surface area contributed by atoms with Crippen LogP contribution in [0, 0.1) is 0 Å². The van der Waals surface area contributed by atoms with Gasteiger partial charge in [-0.05, 0) is 25.0 Å². The van der Waals surface area contributed by atoms with E-state index in [1.807, 2.05) is 0 Å². The smallest absolute Gasteiger partial charge is 0.264 e. The summed E-state index contributed by atoms with van der Waals surface area (Å²) in [6.07, 6.45) is 3.97. The summed E-state index contributed by atoms with van der Waals surface area (Å²) < 4.78 is 10.7. The van der Waals surface area contributed by atoms with Crippen molar-refractivity contribution in [2.75, 3.05) is 0 Å². The zero-order chi connectivity index (χ0) is 14.9. The first kappa shape index (κ1) is 14.6. The molecule has 1 aliphatic carbocycles. The minimum atomic E-state index is -0.453. The Balaban J connectivity index is 1.66. The van der Waals surface area contributed by atoms with Crippen LogP contribution >= 0.6 is 23.2 Å². The van der Waals surface area contributed by atoms with Crippen molar-refractivity contribution < 1.29 is 9.26 Å². The van der Waals surface area contributed by atoms with Gasteiger partial charge >= 0.3 is 0 Å². The lowest BCUT2D eigenvalue weighted by atomic mass is 9.99. The normalized spacial score (nSPS) is 17.1. The van der Waals surface area contributed by atoms with Crippen molar-refractivity contribution in [1.29, 1.82) is 0 Å². The van der Waals surface area contributed by atoms with Gasteiger partial charge in [-0.2, -0.15) is 4.98 Å². The highest BCUT2D eigenvalue weighted by Gasteiger charge is 2.35. The Hall–Kier alpha value is -1.30. The molecule has 1 aromatic carbocycles. The predicted octanol–water partition coefficient (Wildman–Crippen LogP) is 3.68. The van der Waals surface area contributed by atoms with Gasteiger partial charge in [0.1, 0.15) is 5.75 Å². The standard InChI is InChI=1S/C14H15Cl2N3O2/c15-10-4-3-9(7-11(10)16)20-8-12-18-13(19-21-12)14(17)5-1-2-6-14/h3-4,7H,1-2,5-6,8,17H2. The van der Waals surface area contributed by atoms with Crippen LogP contribution in [0.5, 0.6) is 5.75 Å². The summed E-state index contributed by atoms with van der Waals surface area (Å²) in [6.45, 7) is 0.168. The number of rotatable bonds is 4. The van der Waals surface area contributed by atoms with E-state index >= 15 is 0 Å². The molecule has 7 heteroatoms. The molecule has 0 aliphatic heterocycles. The van der Waals surface area contributed by atoms with Crippen molar-refractivity contribution in [3.63, 3.8) is 0 Å². The van der Waals surface area contributed by atoms with Gasteiger partial charge in [-0.3, -0.25) is 0 Å². The average molecular weight is 328 g/mol. The van der Waals surface area contributed by atoms with E-state index in [1.165, 1.54) is 0 Å². The predicted molar refractivity (Wildman–Crippen MR) is 79.4 cm³/mol. The van der Waals surface area contributed by atoms with E-state index < -0.39 is 5.54 Å². The number of nitrogens with two attached hydrogens (primary N) is 1. The Morgan fingerprint density at radius 2 is 2.00 bits per heavy atom. The van der Waals surface area contributed by atoms with Gasteiger partial charge in [-0.25, -0.2) is 0 Å². The van der Waals surface area contributed by atoms with Gasteiger partial charge in [0, 0.05) is 6.07 Å². The molecule has 2 N–H and O–H groups in total. The first-order valence-electron chi connectivity index (χ1n) is 6.77. The third kappa shape index (κ3) is 3.15. The Labute approximate surface area is 132 Å². The maximum absolute atomic E-state index is 6.28. The molecular formula is C14H15Cl2N3O2. The molecular weight excluding hydrogens is 313 g/mol. The lowest BCUT2D eigenvalue weighted by molar-refractivity contribution is 0.241. The molecule has 1 aromatic heterocycles. The minimum absolute atomic E-state index is 0.168. The van der Waals surface area contributed by atoms with E-state index in [0.717, 1.165) is 25.7 Å². The fraction of sp³-hybridized carbons (Fsp3) is 0.429. The summed E-state index contributed by atoms with van der Waals surface area (Å²) in [7, 11) is 0. The molecule has 0 radical (unpaired) electrons. The number of aromatic nitrogens is 2. The Kier molecular flexibility index (Phi) is 4.06. The van der Waals surface area contributed by atoms with E-state index in [9.17, 15) is 0 Å². The molecule has 0 spiro atoms. The number of halogens is 2. The zero-order valence-electron chi connectivity index (χ0n) is 11.3. The molecule has 5 nitrogen and oxygen atoms in total. The quantitative estimate of drug-likeness (QED) is 0.926. The summed E-state index contributed by atoms with van der Waals surface area (Å²) in [5, 5.41) is 4.89. The average Bonchev–Trinajstić information content (AvgIpc) is 3.10. The van der Waals surface area contributed by atoms with Crippen LogP contribution in [0.3, 0.4) is 0 Å². The SMILES string of the molecule is NC1(c2noc(COc3ccc(Cl)c(Cl)c3)n2)CCCC1. The van der Waals surface area contributed by atoms with Crippen molar-refractivity contribution in [3.05, 3.63) is 40.0 Å². The van der Waals surface area contributed by atoms with Gasteiger partial charge in [0.15, 0.2) is 12.4 Å². The highest BCUT2D eigenvalue weighted by Crippen LogP contribution is 2.34. The number of hydrogen-bond acceptors (Lipinski definition) is 5. The van der Waals surface area contributed by atoms with Crippen molar-refractivity contribution in [2.45, 2.75) is 37.8 Å². The second-order valence-corrected chi connectivity index (χ2v) is 6.05. The molecule has 112 valence electrons. The molecule has 1 aliphatic rings. The Morgan fingerprint density at radius 1 is 1.24 bits per heavy atom. The summed E-state index contributed by atoms with van der Waals surface area (Å²) in [6, 6.07) is 5.04. The molecule has 1 heterocycles. The fourth-order valence-electron chi connectivity index (χ4n) is 2.46. The number of hydrogen-bond donors (Lipinski definition) is 1. The molecule has 0 amide bonds. The first-order chi connectivity index (χ1) is 10.1. The molecule has 0 bridgehead atoms. The summed E-state index contributed by atoms with van der Waals surface area (Å²) in [5.74, 6) is 1.55. The van der Waals surface area contributed by atoms with Gasteiger partial charge in [0.25, 0.3) is 5.89 Å². The van der Waals surface area contributed by atoms with E-state index in [0.29, 0.717) is 27.5 Å². The lowest BCUT2D eigenvalue weighted by Crippen LogP contribution is -2.34. The van der Waals surface area contributed by atoms with E-state index in [4.69, 9.17) is 38.2 Å². The van der Waals surface area contributed by atoms with Crippen LogP contribution in [0.2, 0.25) is 10.0 Å². The Morgan fingerprint density at radius 3 is 2.71 bits per heavy atom. The van der Waals surface area contributed by atoms with Gasteiger partial charge in [0.2, 0.25) is 0 Å². The van der Waals surface area contributed by atoms with Crippen molar-refractivity contribution in [1.82, 2.24) is 10.1 Å². The second-order valence-electron chi connectivity index (χ2n) is 5.24. The third-order valence-corrected chi connectivity index (χ3v) is 4.40. The highest BCUT2D eigenvalue weighted by atomic mass is 35.5. The molecule has 3 rings (SSSR count).